The van der Waals surface area contributed by atoms with Crippen molar-refractivity contribution in [1.82, 2.24) is 10.6 Å². The maximum absolute atomic E-state index is 11.0. The van der Waals surface area contributed by atoms with Crippen LogP contribution >= 0.6 is 0 Å². The van der Waals surface area contributed by atoms with Crippen LogP contribution in [0.5, 0.6) is 0 Å². The molecule has 0 unspecified atom stereocenters. The fourth-order valence-corrected chi connectivity index (χ4v) is 2.07. The zero-order valence-corrected chi connectivity index (χ0v) is 13.4. The van der Waals surface area contributed by atoms with E-state index in [4.69, 9.17) is 10.2 Å². The van der Waals surface area contributed by atoms with Crippen molar-refractivity contribution in [3.8, 4) is 0 Å². The first-order valence-corrected chi connectivity index (χ1v) is 7.55. The number of primary amides is 1. The van der Waals surface area contributed by atoms with Crippen LogP contribution in [-0.4, -0.2) is 18.4 Å². The molecule has 4 N–H and O–H groups in total. The summed E-state index contributed by atoms with van der Waals surface area (Å²) in [6.45, 7) is 5.84. The Balaban J connectivity index is 1.98. The number of hydrogen-bond donors (Lipinski definition) is 3. The molecule has 0 fully saturated rings. The third kappa shape index (κ3) is 4.88. The first-order chi connectivity index (χ1) is 11.1. The Morgan fingerprint density at radius 1 is 1.22 bits per heavy atom. The lowest BCUT2D eigenvalue weighted by Gasteiger charge is -2.10. The average Bonchev–Trinajstić information content (AvgIpc) is 3.00. The minimum Gasteiger partial charge on any atom is -0.454 e. The van der Waals surface area contributed by atoms with Gasteiger partial charge in [0.05, 0.1) is 13.1 Å². The quantitative estimate of drug-likeness (QED) is 0.561. The van der Waals surface area contributed by atoms with Gasteiger partial charge in [0.15, 0.2) is 11.7 Å². The van der Waals surface area contributed by atoms with Gasteiger partial charge in [-0.15, -0.1) is 0 Å². The zero-order valence-electron chi connectivity index (χ0n) is 13.4. The van der Waals surface area contributed by atoms with E-state index in [1.165, 1.54) is 11.1 Å². The van der Waals surface area contributed by atoms with Crippen molar-refractivity contribution in [2.24, 2.45) is 10.7 Å². The van der Waals surface area contributed by atoms with Crippen molar-refractivity contribution in [3.05, 3.63) is 59.0 Å². The number of guanidine groups is 1. The van der Waals surface area contributed by atoms with Crippen molar-refractivity contribution >= 4 is 11.9 Å². The molecule has 6 heteroatoms. The van der Waals surface area contributed by atoms with Gasteiger partial charge >= 0.3 is 0 Å². The molecule has 0 atom stereocenters. The standard InChI is InChI=1S/C17H22N4O2/c1-3-19-17(20-10-13-7-5-4-6-12(13)2)21-11-14-8-9-15(23-14)16(18)22/h4-9H,3,10-11H2,1-2H3,(H2,18,22)(H2,19,20,21). The summed E-state index contributed by atoms with van der Waals surface area (Å²) < 4.78 is 5.34. The van der Waals surface area contributed by atoms with E-state index in [1.54, 1.807) is 12.1 Å². The van der Waals surface area contributed by atoms with Gasteiger partial charge in [0.1, 0.15) is 5.76 Å². The Morgan fingerprint density at radius 2 is 2.00 bits per heavy atom. The van der Waals surface area contributed by atoms with Crippen LogP contribution in [0, 0.1) is 6.92 Å². The highest BCUT2D eigenvalue weighted by Gasteiger charge is 2.07. The van der Waals surface area contributed by atoms with Gasteiger partial charge in [-0.1, -0.05) is 24.3 Å². The minimum absolute atomic E-state index is 0.156. The first-order valence-electron chi connectivity index (χ1n) is 7.55. The molecule has 0 bridgehead atoms. The smallest absolute Gasteiger partial charge is 0.284 e. The van der Waals surface area contributed by atoms with Gasteiger partial charge < -0.3 is 20.8 Å². The molecule has 122 valence electrons. The monoisotopic (exact) mass is 314 g/mol. The molecular formula is C17H22N4O2. The largest absolute Gasteiger partial charge is 0.454 e. The lowest BCUT2D eigenvalue weighted by atomic mass is 10.1. The topological polar surface area (TPSA) is 92.6 Å². The SMILES string of the molecule is CCNC(=NCc1ccccc1C)NCc1ccc(C(N)=O)o1. The molecule has 1 heterocycles. The number of carbonyl (C=O) groups is 1. The van der Waals surface area contributed by atoms with Crippen molar-refractivity contribution in [3.63, 3.8) is 0 Å². The van der Waals surface area contributed by atoms with E-state index in [-0.39, 0.29) is 5.76 Å². The number of nitrogens with one attached hydrogen (secondary N) is 2. The van der Waals surface area contributed by atoms with Crippen LogP contribution in [0.15, 0.2) is 45.8 Å². The molecule has 1 aromatic carbocycles. The summed E-state index contributed by atoms with van der Waals surface area (Å²) >= 11 is 0. The number of aryl methyl sites for hydroxylation is 1. The number of nitrogens with two attached hydrogens (primary N) is 1. The van der Waals surface area contributed by atoms with Gasteiger partial charge in [-0.25, -0.2) is 4.99 Å². The van der Waals surface area contributed by atoms with Crippen LogP contribution < -0.4 is 16.4 Å². The van der Waals surface area contributed by atoms with Crippen molar-refractivity contribution in [2.45, 2.75) is 26.9 Å². The average molecular weight is 314 g/mol. The van der Waals surface area contributed by atoms with Crippen LogP contribution in [0.25, 0.3) is 0 Å². The Kier molecular flexibility index (Phi) is 5.80. The molecule has 0 saturated carbocycles. The highest BCUT2D eigenvalue weighted by molar-refractivity contribution is 5.89. The van der Waals surface area contributed by atoms with E-state index in [9.17, 15) is 4.79 Å². The highest BCUT2D eigenvalue weighted by Crippen LogP contribution is 2.09. The predicted molar refractivity (Wildman–Crippen MR) is 90.1 cm³/mol. The molecule has 0 aliphatic heterocycles. The molecule has 23 heavy (non-hydrogen) atoms. The highest BCUT2D eigenvalue weighted by atomic mass is 16.3. The Hall–Kier alpha value is -2.76. The number of benzene rings is 1. The summed E-state index contributed by atoms with van der Waals surface area (Å²) in [5, 5.41) is 6.35. The van der Waals surface area contributed by atoms with E-state index in [0.29, 0.717) is 24.8 Å². The molecule has 0 aliphatic rings. The van der Waals surface area contributed by atoms with Gasteiger partial charge in [0.25, 0.3) is 5.91 Å². The molecule has 0 spiro atoms. The third-order valence-corrected chi connectivity index (χ3v) is 3.35. The fourth-order valence-electron chi connectivity index (χ4n) is 2.07. The molecule has 6 nitrogen and oxygen atoms in total. The molecule has 0 aliphatic carbocycles. The molecule has 0 saturated heterocycles. The van der Waals surface area contributed by atoms with Gasteiger partial charge in [0.2, 0.25) is 0 Å². The van der Waals surface area contributed by atoms with E-state index in [2.05, 4.69) is 34.7 Å². The summed E-state index contributed by atoms with van der Waals surface area (Å²) in [6, 6.07) is 11.4. The molecule has 1 aromatic heterocycles. The molecule has 2 rings (SSSR count). The summed E-state index contributed by atoms with van der Waals surface area (Å²) in [4.78, 5) is 15.6. The van der Waals surface area contributed by atoms with Crippen molar-refractivity contribution in [1.29, 1.82) is 0 Å². The Bertz CT molecular complexity index is 691. The molecule has 0 radical (unpaired) electrons. The van der Waals surface area contributed by atoms with Crippen molar-refractivity contribution < 1.29 is 9.21 Å². The van der Waals surface area contributed by atoms with Crippen molar-refractivity contribution in [2.75, 3.05) is 6.54 Å². The Labute approximate surface area is 135 Å². The van der Waals surface area contributed by atoms with E-state index in [1.807, 2.05) is 19.1 Å². The first kappa shape index (κ1) is 16.6. The molecular weight excluding hydrogens is 292 g/mol. The molecule has 2 aromatic rings. The second-order valence-corrected chi connectivity index (χ2v) is 5.11. The van der Waals surface area contributed by atoms with E-state index >= 15 is 0 Å². The molecule has 1 amide bonds. The summed E-state index contributed by atoms with van der Waals surface area (Å²) in [7, 11) is 0. The summed E-state index contributed by atoms with van der Waals surface area (Å²) in [5.74, 6) is 0.896. The second kappa shape index (κ2) is 8.03. The lowest BCUT2D eigenvalue weighted by molar-refractivity contribution is 0.0972. The van der Waals surface area contributed by atoms with Crippen LogP contribution in [0.2, 0.25) is 0 Å². The number of hydrogen-bond acceptors (Lipinski definition) is 3. The van der Waals surface area contributed by atoms with Crippen LogP contribution in [-0.2, 0) is 13.1 Å². The number of rotatable bonds is 6. The van der Waals surface area contributed by atoms with Gasteiger partial charge in [0, 0.05) is 6.54 Å². The second-order valence-electron chi connectivity index (χ2n) is 5.11. The maximum Gasteiger partial charge on any atom is 0.284 e. The van der Waals surface area contributed by atoms with Crippen LogP contribution in [0.1, 0.15) is 34.4 Å². The lowest BCUT2D eigenvalue weighted by Crippen LogP contribution is -2.36. The number of aliphatic imine (C=N–C) groups is 1. The minimum atomic E-state index is -0.573. The zero-order chi connectivity index (χ0) is 16.7. The summed E-state index contributed by atoms with van der Waals surface area (Å²) in [5.41, 5.74) is 7.56. The van der Waals surface area contributed by atoms with Gasteiger partial charge in [-0.3, -0.25) is 4.79 Å². The number of amides is 1. The van der Waals surface area contributed by atoms with Crippen LogP contribution in [0.4, 0.5) is 0 Å². The van der Waals surface area contributed by atoms with Gasteiger partial charge in [-0.2, -0.15) is 0 Å². The number of nitrogens with zero attached hydrogens (tertiary/aromatic N) is 1. The maximum atomic E-state index is 11.0. The van der Waals surface area contributed by atoms with Gasteiger partial charge in [-0.05, 0) is 37.1 Å². The number of furan rings is 1. The predicted octanol–water partition coefficient (Wildman–Crippen LogP) is 1.94. The van der Waals surface area contributed by atoms with E-state index in [0.717, 1.165) is 6.54 Å². The van der Waals surface area contributed by atoms with E-state index < -0.39 is 5.91 Å². The summed E-state index contributed by atoms with van der Waals surface area (Å²) in [6.07, 6.45) is 0. The normalized spacial score (nSPS) is 11.3. The van der Waals surface area contributed by atoms with Crippen LogP contribution in [0.3, 0.4) is 0 Å². The third-order valence-electron chi connectivity index (χ3n) is 3.35. The fraction of sp³-hybridized carbons (Fsp3) is 0.294. The Morgan fingerprint density at radius 3 is 2.65 bits per heavy atom. The number of carbonyl (C=O) groups excluding carboxylic acids is 1.